The molecule has 0 radical (unpaired) electrons. The maximum absolute atomic E-state index is 9.98. The molecule has 0 rings (SSSR count). The summed E-state index contributed by atoms with van der Waals surface area (Å²) in [6, 6.07) is 0. The standard InChI is InChI=1S/C3H5O2.Ac/c1-3(5)2-4;/h3,5H,1H3;. The molecule has 0 saturated heterocycles. The summed E-state index contributed by atoms with van der Waals surface area (Å²) in [5.41, 5.74) is 0. The van der Waals surface area contributed by atoms with Crippen LogP contribution >= 0.6 is 0 Å². The quantitative estimate of drug-likeness (QED) is 0.705. The van der Waals surface area contributed by atoms with E-state index in [9.17, 15) is 4.79 Å². The van der Waals surface area contributed by atoms with Crippen LogP contribution in [0.2, 0.25) is 0 Å². The van der Waals surface area contributed by atoms with Crippen molar-refractivity contribution in [3.05, 3.63) is 0 Å². The second-order valence-corrected chi connectivity index (χ2v) is 3.42. The van der Waals surface area contributed by atoms with Gasteiger partial charge in [0.05, 0.1) is 0 Å². The van der Waals surface area contributed by atoms with Crippen molar-refractivity contribution in [3.63, 3.8) is 0 Å². The third-order valence-electron chi connectivity index (χ3n) is 0.412. The van der Waals surface area contributed by atoms with Crippen LogP contribution in [-0.4, -0.2) is 12.2 Å². The van der Waals surface area contributed by atoms with Crippen LogP contribution in [0, 0.1) is 41.9 Å². The monoisotopic (exact) mass is 300 g/mol. The first-order chi connectivity index (χ1) is 2.64. The molecule has 1 N–H and O–H groups in total. The Labute approximate surface area is 65.0 Å². The van der Waals surface area contributed by atoms with Gasteiger partial charge in [-0.1, -0.05) is 0 Å². The van der Waals surface area contributed by atoms with Gasteiger partial charge in [0.1, 0.15) is 0 Å². The van der Waals surface area contributed by atoms with Crippen LogP contribution in [0.3, 0.4) is 0 Å². The fraction of sp³-hybridized carbons (Fsp3) is 0.667. The third-order valence-corrected chi connectivity index (χ3v) is 2.39. The van der Waals surface area contributed by atoms with Gasteiger partial charge in [-0.25, -0.2) is 0 Å². The molecule has 0 aromatic rings. The van der Waals surface area contributed by atoms with Crippen molar-refractivity contribution in [2.75, 3.05) is 0 Å². The number of hydrogen-bond acceptors (Lipinski definition) is 2. The normalized spacial score (nSPS) is 14.0. The van der Waals surface area contributed by atoms with Crippen molar-refractivity contribution in [2.45, 2.75) is 13.0 Å². The first-order valence-corrected chi connectivity index (χ1v) is 3.99. The van der Waals surface area contributed by atoms with E-state index in [-0.39, 0.29) is 42.8 Å². The topological polar surface area (TPSA) is 37.3 Å². The van der Waals surface area contributed by atoms with Gasteiger partial charge in [0.25, 0.3) is 0 Å². The van der Waals surface area contributed by atoms with Crippen LogP contribution < -0.4 is 0 Å². The molecule has 0 amide bonds. The van der Waals surface area contributed by atoms with Gasteiger partial charge >= 0.3 is 65.8 Å². The molecule has 0 aromatic carbocycles. The molecule has 0 aliphatic heterocycles. The predicted octanol–water partition coefficient (Wildman–Crippen LogP) is -0.557. The van der Waals surface area contributed by atoms with E-state index < -0.39 is 6.10 Å². The number of carbonyl (C=O) groups excluding carboxylic acids is 1. The van der Waals surface area contributed by atoms with E-state index in [0.29, 0.717) is 0 Å². The Morgan fingerprint density at radius 3 is 2.17 bits per heavy atom. The molecule has 3 heteroatoms. The van der Waals surface area contributed by atoms with Gasteiger partial charge < -0.3 is 0 Å². The first kappa shape index (κ1) is 7.07. The summed E-state index contributed by atoms with van der Waals surface area (Å²) >= 11 is 0.146. The first-order valence-electron chi connectivity index (χ1n) is 1.62. The summed E-state index contributed by atoms with van der Waals surface area (Å²) in [5, 5.41) is 8.33. The summed E-state index contributed by atoms with van der Waals surface area (Å²) in [4.78, 5) is 9.98. The Hall–Kier alpha value is 1.07. The van der Waals surface area contributed by atoms with Crippen molar-refractivity contribution >= 4 is 0.963 Å². The van der Waals surface area contributed by atoms with Gasteiger partial charge in [-0.3, -0.25) is 0 Å². The summed E-state index contributed by atoms with van der Waals surface area (Å²) < 4.78 is 0.00359. The summed E-state index contributed by atoms with van der Waals surface area (Å²) in [6.45, 7) is 1.49. The minimum absolute atomic E-state index is 0.00359. The Bertz CT molecular complexity index is 59.8. The van der Waals surface area contributed by atoms with Gasteiger partial charge in [0.15, 0.2) is 0 Å². The molecule has 1 atom stereocenters. The second-order valence-electron chi connectivity index (χ2n) is 1.08. The number of carbonyl (C=O) groups is 1. The van der Waals surface area contributed by atoms with E-state index in [1.54, 1.807) is 0 Å². The maximum atomic E-state index is 9.98. The molecule has 2 nitrogen and oxygen atoms in total. The van der Waals surface area contributed by atoms with Crippen LogP contribution in [0.1, 0.15) is 6.92 Å². The predicted molar refractivity (Wildman–Crippen MR) is 16.7 cm³/mol. The molecule has 0 fully saturated rings. The summed E-state index contributed by atoms with van der Waals surface area (Å²) in [7, 11) is 0. The van der Waals surface area contributed by atoms with E-state index in [1.165, 1.54) is 6.92 Å². The molecule has 0 aliphatic rings. The van der Waals surface area contributed by atoms with E-state index in [2.05, 4.69) is 0 Å². The zero-order valence-corrected chi connectivity index (χ0v) is 8.26. The average Bonchev–Trinajstić information content (AvgIpc) is 1.36. The van der Waals surface area contributed by atoms with Crippen molar-refractivity contribution in [2.24, 2.45) is 0 Å². The Morgan fingerprint density at radius 1 is 2.00 bits per heavy atom. The fourth-order valence-electron chi connectivity index (χ4n) is 0. The second kappa shape index (κ2) is 3.12. The average molecular weight is 300 g/mol. The van der Waals surface area contributed by atoms with Gasteiger partial charge in [-0.05, 0) is 0 Å². The Kier molecular flexibility index (Phi) is 3.68. The van der Waals surface area contributed by atoms with Crippen LogP contribution in [0.5, 0.6) is 0 Å². The molecule has 0 heterocycles. The zero-order chi connectivity index (χ0) is 5.15. The molecule has 0 aromatic heterocycles. The van der Waals surface area contributed by atoms with Crippen LogP contribution in [-0.2, 0) is 4.79 Å². The molecule has 32 valence electrons. The molecule has 1 unspecified atom stereocenters. The SMILES string of the molecule is CC(O)[C](=O)[Ac]. The van der Waals surface area contributed by atoms with Gasteiger partial charge in [-0.15, -0.1) is 0 Å². The van der Waals surface area contributed by atoms with E-state index in [0.717, 1.165) is 0 Å². The van der Waals surface area contributed by atoms with Crippen molar-refractivity contribution in [3.8, 4) is 0 Å². The molecular formula is C3H5AcO2. The molecule has 6 heavy (non-hydrogen) atoms. The molecule has 0 spiro atoms. The minimum atomic E-state index is -0.703. The number of aliphatic hydroxyl groups excluding tert-OH is 1. The fourth-order valence-corrected chi connectivity index (χ4v) is 0. The van der Waals surface area contributed by atoms with Crippen molar-refractivity contribution in [1.82, 2.24) is 0 Å². The molecule has 0 bridgehead atoms. The zero-order valence-electron chi connectivity index (χ0n) is 3.51. The van der Waals surface area contributed by atoms with Gasteiger partial charge in [-0.2, -0.15) is 0 Å². The number of rotatable bonds is 1. The molecule has 0 aliphatic carbocycles. The summed E-state index contributed by atoms with van der Waals surface area (Å²) in [6.07, 6.45) is -0.703. The van der Waals surface area contributed by atoms with Gasteiger partial charge in [0, 0.05) is 0 Å². The summed E-state index contributed by atoms with van der Waals surface area (Å²) in [5.74, 6) is 0. The Morgan fingerprint density at radius 2 is 2.17 bits per heavy atom. The molecular weight excluding hydrogens is 295 g/mol. The van der Waals surface area contributed by atoms with Crippen LogP contribution in [0.25, 0.3) is 0 Å². The van der Waals surface area contributed by atoms with Crippen molar-refractivity contribution < 1.29 is 51.8 Å². The number of hydrogen-bond donors (Lipinski definition) is 1. The van der Waals surface area contributed by atoms with E-state index in [4.69, 9.17) is 5.11 Å². The molecule has 0 saturated carbocycles. The number of aliphatic hydroxyl groups is 1. The third kappa shape index (κ3) is 3.27. The van der Waals surface area contributed by atoms with Crippen LogP contribution in [0.4, 0.5) is 0 Å². The Balaban J connectivity index is 3.26. The van der Waals surface area contributed by atoms with Crippen LogP contribution in [0.15, 0.2) is 0 Å². The van der Waals surface area contributed by atoms with E-state index in [1.807, 2.05) is 0 Å². The van der Waals surface area contributed by atoms with Crippen molar-refractivity contribution in [1.29, 1.82) is 0 Å². The van der Waals surface area contributed by atoms with Gasteiger partial charge in [0.2, 0.25) is 0 Å². The van der Waals surface area contributed by atoms with E-state index >= 15 is 0 Å².